The van der Waals surface area contributed by atoms with Gasteiger partial charge in [-0.3, -0.25) is 4.79 Å². The molecule has 0 unspecified atom stereocenters. The molecule has 1 N–H and O–H groups in total. The number of carbonyl (C=O) groups is 1. The molecular formula is C14H17NO3. The predicted octanol–water partition coefficient (Wildman–Crippen LogP) is 1.18. The molecule has 96 valence electrons. The molecule has 18 heavy (non-hydrogen) atoms. The van der Waals surface area contributed by atoms with E-state index in [0.717, 1.165) is 31.7 Å². The first-order valence-corrected chi connectivity index (χ1v) is 6.42. The van der Waals surface area contributed by atoms with Gasteiger partial charge in [-0.05, 0) is 23.6 Å². The van der Waals surface area contributed by atoms with Crippen molar-refractivity contribution in [2.24, 2.45) is 5.92 Å². The zero-order valence-electron chi connectivity index (χ0n) is 10.3. The SMILES string of the molecule is O=C(O)C1CN(CCc2ccc3c(c2)CCO3)C1. The van der Waals surface area contributed by atoms with Crippen LogP contribution in [0.3, 0.4) is 0 Å². The summed E-state index contributed by atoms with van der Waals surface area (Å²) in [5.41, 5.74) is 2.62. The van der Waals surface area contributed by atoms with Crippen molar-refractivity contribution in [1.82, 2.24) is 4.90 Å². The highest BCUT2D eigenvalue weighted by Crippen LogP contribution is 2.26. The number of rotatable bonds is 4. The first-order valence-electron chi connectivity index (χ1n) is 6.42. The molecular weight excluding hydrogens is 230 g/mol. The van der Waals surface area contributed by atoms with E-state index in [1.807, 2.05) is 6.07 Å². The molecule has 1 fully saturated rings. The van der Waals surface area contributed by atoms with Gasteiger partial charge in [0.05, 0.1) is 12.5 Å². The number of hydrogen-bond acceptors (Lipinski definition) is 3. The monoisotopic (exact) mass is 247 g/mol. The summed E-state index contributed by atoms with van der Waals surface area (Å²) in [6.07, 6.45) is 1.99. The molecule has 0 aromatic heterocycles. The molecule has 0 atom stereocenters. The van der Waals surface area contributed by atoms with Gasteiger partial charge in [0.2, 0.25) is 0 Å². The van der Waals surface area contributed by atoms with Gasteiger partial charge in [0.1, 0.15) is 5.75 Å². The van der Waals surface area contributed by atoms with Crippen LogP contribution in [0.5, 0.6) is 5.75 Å². The summed E-state index contributed by atoms with van der Waals surface area (Å²) in [7, 11) is 0. The molecule has 3 rings (SSSR count). The molecule has 2 aliphatic rings. The smallest absolute Gasteiger partial charge is 0.309 e. The number of nitrogens with zero attached hydrogens (tertiary/aromatic N) is 1. The normalized spacial score (nSPS) is 19.1. The molecule has 0 bridgehead atoms. The number of likely N-dealkylation sites (tertiary alicyclic amines) is 1. The van der Waals surface area contributed by atoms with Crippen LogP contribution in [0, 0.1) is 5.92 Å². The quantitative estimate of drug-likeness (QED) is 0.868. The first-order chi connectivity index (χ1) is 8.72. The van der Waals surface area contributed by atoms with E-state index in [4.69, 9.17) is 9.84 Å². The summed E-state index contributed by atoms with van der Waals surface area (Å²) in [4.78, 5) is 12.9. The van der Waals surface area contributed by atoms with Crippen molar-refractivity contribution >= 4 is 5.97 Å². The van der Waals surface area contributed by atoms with Crippen molar-refractivity contribution in [2.75, 3.05) is 26.2 Å². The van der Waals surface area contributed by atoms with Gasteiger partial charge in [0, 0.05) is 26.1 Å². The second-order valence-corrected chi connectivity index (χ2v) is 5.09. The minimum atomic E-state index is -0.666. The van der Waals surface area contributed by atoms with E-state index in [-0.39, 0.29) is 5.92 Å². The van der Waals surface area contributed by atoms with E-state index < -0.39 is 5.97 Å². The molecule has 0 saturated carbocycles. The number of fused-ring (bicyclic) bond motifs is 1. The van der Waals surface area contributed by atoms with Crippen molar-refractivity contribution in [3.63, 3.8) is 0 Å². The van der Waals surface area contributed by atoms with Crippen molar-refractivity contribution in [3.8, 4) is 5.75 Å². The molecule has 1 saturated heterocycles. The van der Waals surface area contributed by atoms with Crippen molar-refractivity contribution in [3.05, 3.63) is 29.3 Å². The largest absolute Gasteiger partial charge is 0.493 e. The second-order valence-electron chi connectivity index (χ2n) is 5.09. The van der Waals surface area contributed by atoms with Crippen LogP contribution in [0.15, 0.2) is 18.2 Å². The van der Waals surface area contributed by atoms with Gasteiger partial charge in [-0.1, -0.05) is 12.1 Å². The maximum Gasteiger partial charge on any atom is 0.309 e. The van der Waals surface area contributed by atoms with Gasteiger partial charge < -0.3 is 14.7 Å². The molecule has 0 amide bonds. The van der Waals surface area contributed by atoms with Gasteiger partial charge in [-0.25, -0.2) is 0 Å². The highest BCUT2D eigenvalue weighted by molar-refractivity contribution is 5.71. The summed E-state index contributed by atoms with van der Waals surface area (Å²) in [6, 6.07) is 6.38. The second kappa shape index (κ2) is 4.61. The zero-order chi connectivity index (χ0) is 12.5. The predicted molar refractivity (Wildman–Crippen MR) is 66.9 cm³/mol. The Balaban J connectivity index is 1.51. The van der Waals surface area contributed by atoms with Crippen molar-refractivity contribution < 1.29 is 14.6 Å². The molecule has 2 aliphatic heterocycles. The third-order valence-corrected chi connectivity index (χ3v) is 3.78. The number of benzene rings is 1. The Labute approximate surface area is 106 Å². The Bertz CT molecular complexity index is 466. The Hall–Kier alpha value is -1.55. The Morgan fingerprint density at radius 1 is 1.44 bits per heavy atom. The zero-order valence-corrected chi connectivity index (χ0v) is 10.3. The van der Waals surface area contributed by atoms with Crippen molar-refractivity contribution in [1.29, 1.82) is 0 Å². The summed E-state index contributed by atoms with van der Waals surface area (Å²) < 4.78 is 5.48. The molecule has 1 aromatic carbocycles. The van der Waals surface area contributed by atoms with E-state index in [2.05, 4.69) is 17.0 Å². The van der Waals surface area contributed by atoms with Crippen LogP contribution in [0.25, 0.3) is 0 Å². The van der Waals surface area contributed by atoms with E-state index >= 15 is 0 Å². The topological polar surface area (TPSA) is 49.8 Å². The maximum atomic E-state index is 10.7. The number of hydrogen-bond donors (Lipinski definition) is 1. The fourth-order valence-corrected chi connectivity index (χ4v) is 2.59. The lowest BCUT2D eigenvalue weighted by molar-refractivity contribution is -0.147. The lowest BCUT2D eigenvalue weighted by atomic mass is 9.99. The van der Waals surface area contributed by atoms with E-state index in [0.29, 0.717) is 13.1 Å². The maximum absolute atomic E-state index is 10.7. The van der Waals surface area contributed by atoms with Crippen LogP contribution in [0.4, 0.5) is 0 Å². The number of carboxylic acids is 1. The molecule has 0 spiro atoms. The minimum absolute atomic E-state index is 0.154. The van der Waals surface area contributed by atoms with Gasteiger partial charge in [0.15, 0.2) is 0 Å². The average Bonchev–Trinajstić information content (AvgIpc) is 2.73. The van der Waals surface area contributed by atoms with E-state index in [9.17, 15) is 4.79 Å². The van der Waals surface area contributed by atoms with Crippen molar-refractivity contribution in [2.45, 2.75) is 12.8 Å². The lowest BCUT2D eigenvalue weighted by Gasteiger charge is -2.36. The molecule has 4 heteroatoms. The van der Waals surface area contributed by atoms with Gasteiger partial charge in [0.25, 0.3) is 0 Å². The van der Waals surface area contributed by atoms with E-state index in [1.165, 1.54) is 11.1 Å². The van der Waals surface area contributed by atoms with Crippen LogP contribution in [0.2, 0.25) is 0 Å². The first kappa shape index (κ1) is 11.5. The van der Waals surface area contributed by atoms with Gasteiger partial charge >= 0.3 is 5.97 Å². The fraction of sp³-hybridized carbons (Fsp3) is 0.500. The standard InChI is InChI=1S/C14H17NO3/c16-14(17)12-8-15(9-12)5-3-10-1-2-13-11(7-10)4-6-18-13/h1-2,7,12H,3-6,8-9H2,(H,16,17). The number of carboxylic acid groups (broad SMARTS) is 1. The number of ether oxygens (including phenoxy) is 1. The van der Waals surface area contributed by atoms with E-state index in [1.54, 1.807) is 0 Å². The van der Waals surface area contributed by atoms with Crippen LogP contribution in [-0.2, 0) is 17.6 Å². The average molecular weight is 247 g/mol. The molecule has 0 aliphatic carbocycles. The molecule has 4 nitrogen and oxygen atoms in total. The van der Waals surface area contributed by atoms with Crippen LogP contribution in [-0.4, -0.2) is 42.2 Å². The summed E-state index contributed by atoms with van der Waals surface area (Å²) in [6.45, 7) is 3.14. The lowest BCUT2D eigenvalue weighted by Crippen LogP contribution is -2.50. The summed E-state index contributed by atoms with van der Waals surface area (Å²) in [5, 5.41) is 8.80. The third-order valence-electron chi connectivity index (χ3n) is 3.78. The van der Waals surface area contributed by atoms with Crippen LogP contribution < -0.4 is 4.74 Å². The summed E-state index contributed by atoms with van der Waals surface area (Å²) in [5.74, 6) is 0.202. The van der Waals surface area contributed by atoms with Crippen LogP contribution >= 0.6 is 0 Å². The minimum Gasteiger partial charge on any atom is -0.493 e. The molecule has 1 aromatic rings. The number of aliphatic carboxylic acids is 1. The van der Waals surface area contributed by atoms with Gasteiger partial charge in [-0.2, -0.15) is 0 Å². The van der Waals surface area contributed by atoms with Crippen LogP contribution in [0.1, 0.15) is 11.1 Å². The molecule has 2 heterocycles. The highest BCUT2D eigenvalue weighted by Gasteiger charge is 2.31. The van der Waals surface area contributed by atoms with Gasteiger partial charge in [-0.15, -0.1) is 0 Å². The highest BCUT2D eigenvalue weighted by atomic mass is 16.5. The third kappa shape index (κ3) is 2.20. The Kier molecular flexibility index (Phi) is 2.96. The summed E-state index contributed by atoms with van der Waals surface area (Å²) >= 11 is 0. The molecule has 0 radical (unpaired) electrons. The Morgan fingerprint density at radius 3 is 3.06 bits per heavy atom. The fourth-order valence-electron chi connectivity index (χ4n) is 2.59. The Morgan fingerprint density at radius 2 is 2.28 bits per heavy atom.